The summed E-state index contributed by atoms with van der Waals surface area (Å²) in [6, 6.07) is 0.334. The van der Waals surface area contributed by atoms with Crippen molar-refractivity contribution in [3.05, 3.63) is 21.7 Å². The van der Waals surface area contributed by atoms with Crippen molar-refractivity contribution in [2.75, 3.05) is 18.5 Å². The van der Waals surface area contributed by atoms with Crippen LogP contribution in [-0.4, -0.2) is 29.6 Å². The minimum absolute atomic E-state index is 0.147. The molecule has 2 rings (SSSR count). The number of rotatable bonds is 3. The zero-order valence-electron chi connectivity index (χ0n) is 9.11. The molecule has 0 unspecified atom stereocenters. The number of nitrogens with zero attached hydrogens (tertiary/aromatic N) is 2. The van der Waals surface area contributed by atoms with Crippen molar-refractivity contribution in [3.8, 4) is 0 Å². The van der Waals surface area contributed by atoms with Gasteiger partial charge in [0.2, 0.25) is 0 Å². The minimum atomic E-state index is -0.302. The van der Waals surface area contributed by atoms with Crippen LogP contribution in [-0.2, 0) is 0 Å². The smallest absolute Gasteiger partial charge is 0.271 e. The first-order chi connectivity index (χ1) is 7.58. The lowest BCUT2D eigenvalue weighted by Gasteiger charge is -2.35. The number of nitrogens with two attached hydrogens (primary N) is 1. The van der Waals surface area contributed by atoms with Gasteiger partial charge in [0, 0.05) is 19.6 Å². The van der Waals surface area contributed by atoms with Gasteiger partial charge in [0.25, 0.3) is 5.56 Å². The number of aromatic amines is 1. The third-order valence-electron chi connectivity index (χ3n) is 2.94. The zero-order valence-corrected chi connectivity index (χ0v) is 9.87. The standard InChI is InChI=1S/C10H15ClN4O/c1-15(4-6-2-7(12)3-6)9-8(11)10(16)14-5-13-9/h5-7H,2-4,12H2,1H3,(H,13,14,16). The van der Waals surface area contributed by atoms with E-state index in [0.717, 1.165) is 19.4 Å². The molecule has 1 aromatic rings. The molecule has 1 saturated carbocycles. The summed E-state index contributed by atoms with van der Waals surface area (Å²) in [6.07, 6.45) is 3.43. The Kier molecular flexibility index (Phi) is 3.16. The van der Waals surface area contributed by atoms with E-state index in [1.807, 2.05) is 11.9 Å². The van der Waals surface area contributed by atoms with Crippen molar-refractivity contribution in [1.29, 1.82) is 0 Å². The Labute approximate surface area is 98.6 Å². The average molecular weight is 243 g/mol. The summed E-state index contributed by atoms with van der Waals surface area (Å²) >= 11 is 5.89. The van der Waals surface area contributed by atoms with E-state index in [2.05, 4.69) is 9.97 Å². The third kappa shape index (κ3) is 2.20. The molecule has 3 N–H and O–H groups in total. The highest BCUT2D eigenvalue weighted by Gasteiger charge is 2.27. The molecule has 0 aliphatic heterocycles. The van der Waals surface area contributed by atoms with Gasteiger partial charge in [-0.05, 0) is 18.8 Å². The Morgan fingerprint density at radius 1 is 1.69 bits per heavy atom. The van der Waals surface area contributed by atoms with Crippen LogP contribution >= 0.6 is 11.6 Å². The second-order valence-corrected chi connectivity index (χ2v) is 4.73. The van der Waals surface area contributed by atoms with E-state index < -0.39 is 0 Å². The van der Waals surface area contributed by atoms with Crippen molar-refractivity contribution in [3.63, 3.8) is 0 Å². The predicted molar refractivity (Wildman–Crippen MR) is 63.8 cm³/mol. The van der Waals surface area contributed by atoms with Gasteiger partial charge in [-0.2, -0.15) is 0 Å². The minimum Gasteiger partial charge on any atom is -0.358 e. The van der Waals surface area contributed by atoms with Crippen LogP contribution in [0.25, 0.3) is 0 Å². The molecular formula is C10H15ClN4O. The van der Waals surface area contributed by atoms with Gasteiger partial charge in [-0.15, -0.1) is 0 Å². The first-order valence-corrected chi connectivity index (χ1v) is 5.65. The van der Waals surface area contributed by atoms with Gasteiger partial charge in [0.05, 0.1) is 6.33 Å². The lowest BCUT2D eigenvalue weighted by molar-refractivity contribution is 0.270. The van der Waals surface area contributed by atoms with Crippen LogP contribution in [0.2, 0.25) is 5.02 Å². The van der Waals surface area contributed by atoms with Gasteiger partial charge >= 0.3 is 0 Å². The number of aromatic nitrogens is 2. The molecule has 1 aliphatic carbocycles. The second kappa shape index (κ2) is 4.43. The molecular weight excluding hydrogens is 228 g/mol. The number of H-pyrrole nitrogens is 1. The fourth-order valence-corrected chi connectivity index (χ4v) is 2.30. The molecule has 0 spiro atoms. The van der Waals surface area contributed by atoms with Crippen LogP contribution in [0.15, 0.2) is 11.1 Å². The molecule has 1 fully saturated rings. The summed E-state index contributed by atoms with van der Waals surface area (Å²) < 4.78 is 0. The maximum absolute atomic E-state index is 11.3. The molecule has 1 aromatic heterocycles. The van der Waals surface area contributed by atoms with Crippen LogP contribution in [0.3, 0.4) is 0 Å². The van der Waals surface area contributed by atoms with Crippen molar-refractivity contribution < 1.29 is 0 Å². The molecule has 1 aliphatic rings. The topological polar surface area (TPSA) is 75.0 Å². The largest absolute Gasteiger partial charge is 0.358 e. The molecule has 0 aromatic carbocycles. The monoisotopic (exact) mass is 242 g/mol. The first-order valence-electron chi connectivity index (χ1n) is 5.28. The lowest BCUT2D eigenvalue weighted by atomic mass is 9.81. The van der Waals surface area contributed by atoms with E-state index >= 15 is 0 Å². The van der Waals surface area contributed by atoms with Gasteiger partial charge in [-0.3, -0.25) is 4.79 Å². The van der Waals surface area contributed by atoms with E-state index in [0.29, 0.717) is 17.8 Å². The summed E-state index contributed by atoms with van der Waals surface area (Å²) in [5.41, 5.74) is 5.42. The highest BCUT2D eigenvalue weighted by Crippen LogP contribution is 2.28. The molecule has 0 atom stereocenters. The third-order valence-corrected chi connectivity index (χ3v) is 3.28. The van der Waals surface area contributed by atoms with E-state index in [-0.39, 0.29) is 10.6 Å². The highest BCUT2D eigenvalue weighted by molar-refractivity contribution is 6.32. The summed E-state index contributed by atoms with van der Waals surface area (Å²) in [6.45, 7) is 0.837. The van der Waals surface area contributed by atoms with Gasteiger partial charge in [-0.1, -0.05) is 11.6 Å². The Morgan fingerprint density at radius 2 is 2.38 bits per heavy atom. The fraction of sp³-hybridized carbons (Fsp3) is 0.600. The van der Waals surface area contributed by atoms with Crippen LogP contribution in [0.4, 0.5) is 5.82 Å². The number of halogens is 1. The molecule has 6 heteroatoms. The Hall–Kier alpha value is -1.07. The molecule has 16 heavy (non-hydrogen) atoms. The molecule has 1 heterocycles. The van der Waals surface area contributed by atoms with Gasteiger partial charge in [-0.25, -0.2) is 4.98 Å². The summed E-state index contributed by atoms with van der Waals surface area (Å²) in [5.74, 6) is 1.11. The van der Waals surface area contributed by atoms with Gasteiger partial charge in [0.1, 0.15) is 5.02 Å². The molecule has 0 saturated heterocycles. The normalized spacial score (nSPS) is 23.9. The quantitative estimate of drug-likeness (QED) is 0.814. The summed E-state index contributed by atoms with van der Waals surface area (Å²) in [4.78, 5) is 19.7. The van der Waals surface area contributed by atoms with Crippen molar-refractivity contribution >= 4 is 17.4 Å². The van der Waals surface area contributed by atoms with Crippen molar-refractivity contribution in [1.82, 2.24) is 9.97 Å². The fourth-order valence-electron chi connectivity index (χ4n) is 2.05. The lowest BCUT2D eigenvalue weighted by Crippen LogP contribution is -2.42. The maximum atomic E-state index is 11.3. The SMILES string of the molecule is CN(CC1CC(N)C1)c1nc[nH]c(=O)c1Cl. The first kappa shape index (κ1) is 11.4. The van der Waals surface area contributed by atoms with Crippen LogP contribution in [0.1, 0.15) is 12.8 Å². The summed E-state index contributed by atoms with van der Waals surface area (Å²) in [5, 5.41) is 0.147. The Morgan fingerprint density at radius 3 is 3.00 bits per heavy atom. The van der Waals surface area contributed by atoms with Gasteiger partial charge in [0.15, 0.2) is 5.82 Å². The number of hydrogen-bond acceptors (Lipinski definition) is 4. The van der Waals surface area contributed by atoms with Crippen LogP contribution in [0, 0.1) is 5.92 Å². The zero-order chi connectivity index (χ0) is 11.7. The molecule has 0 radical (unpaired) electrons. The van der Waals surface area contributed by atoms with E-state index in [1.54, 1.807) is 0 Å². The second-order valence-electron chi connectivity index (χ2n) is 4.35. The van der Waals surface area contributed by atoms with E-state index in [4.69, 9.17) is 17.3 Å². The molecule has 0 bridgehead atoms. The number of hydrogen-bond donors (Lipinski definition) is 2. The Balaban J connectivity index is 2.06. The summed E-state index contributed by atoms with van der Waals surface area (Å²) in [7, 11) is 1.89. The van der Waals surface area contributed by atoms with Gasteiger partial charge < -0.3 is 15.6 Å². The average Bonchev–Trinajstić information content (AvgIpc) is 2.19. The number of nitrogens with one attached hydrogen (secondary N) is 1. The predicted octanol–water partition coefficient (Wildman–Crippen LogP) is 0.597. The van der Waals surface area contributed by atoms with Crippen LogP contribution < -0.4 is 16.2 Å². The highest BCUT2D eigenvalue weighted by atomic mass is 35.5. The number of anilines is 1. The van der Waals surface area contributed by atoms with E-state index in [9.17, 15) is 4.79 Å². The maximum Gasteiger partial charge on any atom is 0.271 e. The Bertz CT molecular complexity index is 427. The van der Waals surface area contributed by atoms with Crippen LogP contribution in [0.5, 0.6) is 0 Å². The van der Waals surface area contributed by atoms with Crippen molar-refractivity contribution in [2.24, 2.45) is 11.7 Å². The van der Waals surface area contributed by atoms with E-state index in [1.165, 1.54) is 6.33 Å². The molecule has 5 nitrogen and oxygen atoms in total. The van der Waals surface area contributed by atoms with Crippen molar-refractivity contribution in [2.45, 2.75) is 18.9 Å². The molecule has 0 amide bonds. The molecule has 88 valence electrons.